The van der Waals surface area contributed by atoms with Crippen LogP contribution in [-0.2, 0) is 17.9 Å². The van der Waals surface area contributed by atoms with Crippen molar-refractivity contribution in [2.24, 2.45) is 4.99 Å². The summed E-state index contributed by atoms with van der Waals surface area (Å²) in [4.78, 5) is 18.1. The molecule has 1 N–H and O–H groups in total. The molecule has 0 aliphatic carbocycles. The summed E-state index contributed by atoms with van der Waals surface area (Å²) < 4.78 is 0. The van der Waals surface area contributed by atoms with Gasteiger partial charge in [-0.05, 0) is 17.2 Å². The SMILES string of the molecule is CC(=O)NC1=Nc2ccccc2CN1Cc1ccccc1. The third-order valence-corrected chi connectivity index (χ3v) is 3.38. The largest absolute Gasteiger partial charge is 0.334 e. The Morgan fingerprint density at radius 3 is 2.62 bits per heavy atom. The molecule has 4 heteroatoms. The molecule has 0 radical (unpaired) electrons. The molecule has 4 nitrogen and oxygen atoms in total. The van der Waals surface area contributed by atoms with Crippen molar-refractivity contribution in [3.05, 3.63) is 65.7 Å². The summed E-state index contributed by atoms with van der Waals surface area (Å²) in [7, 11) is 0. The number of rotatable bonds is 2. The normalized spacial score (nSPS) is 13.4. The van der Waals surface area contributed by atoms with Crippen molar-refractivity contribution in [3.8, 4) is 0 Å². The van der Waals surface area contributed by atoms with Crippen LogP contribution in [0.3, 0.4) is 0 Å². The highest BCUT2D eigenvalue weighted by atomic mass is 16.1. The van der Waals surface area contributed by atoms with Crippen molar-refractivity contribution >= 4 is 17.6 Å². The molecule has 0 atom stereocenters. The number of nitrogens with zero attached hydrogens (tertiary/aromatic N) is 2. The number of nitrogens with one attached hydrogen (secondary N) is 1. The van der Waals surface area contributed by atoms with Gasteiger partial charge in [0.2, 0.25) is 11.9 Å². The van der Waals surface area contributed by atoms with E-state index in [0.717, 1.165) is 12.2 Å². The van der Waals surface area contributed by atoms with E-state index in [4.69, 9.17) is 0 Å². The van der Waals surface area contributed by atoms with E-state index >= 15 is 0 Å². The molecule has 0 saturated carbocycles. The maximum absolute atomic E-state index is 11.4. The van der Waals surface area contributed by atoms with Crippen LogP contribution in [0.1, 0.15) is 18.1 Å². The number of hydrogen-bond acceptors (Lipinski definition) is 3. The lowest BCUT2D eigenvalue weighted by Gasteiger charge is -2.30. The van der Waals surface area contributed by atoms with Gasteiger partial charge in [0.1, 0.15) is 0 Å². The predicted molar refractivity (Wildman–Crippen MR) is 83.0 cm³/mol. The standard InChI is InChI=1S/C17H17N3O/c1-13(21)18-17-19-16-10-6-5-9-15(16)12-20(17)11-14-7-3-2-4-8-14/h2-10H,11-12H2,1H3,(H,18,19,21). The number of aliphatic imine (C=N–C) groups is 1. The minimum atomic E-state index is -0.105. The van der Waals surface area contributed by atoms with Crippen molar-refractivity contribution < 1.29 is 4.79 Å². The highest BCUT2D eigenvalue weighted by Crippen LogP contribution is 2.26. The molecule has 0 saturated heterocycles. The first-order chi connectivity index (χ1) is 10.2. The Bertz CT molecular complexity index is 679. The maximum atomic E-state index is 11.4. The molecule has 106 valence electrons. The summed E-state index contributed by atoms with van der Waals surface area (Å²) in [5.41, 5.74) is 3.28. The molecular formula is C17H17N3O. The fraction of sp³-hybridized carbons (Fsp3) is 0.176. The molecule has 3 rings (SSSR count). The number of amides is 1. The summed E-state index contributed by atoms with van der Waals surface area (Å²) in [6, 6.07) is 18.2. The summed E-state index contributed by atoms with van der Waals surface area (Å²) in [6.45, 7) is 2.96. The van der Waals surface area contributed by atoms with Crippen LogP contribution in [0.5, 0.6) is 0 Å². The van der Waals surface area contributed by atoms with Crippen molar-refractivity contribution in [2.75, 3.05) is 0 Å². The lowest BCUT2D eigenvalue weighted by atomic mass is 10.1. The molecule has 0 fully saturated rings. The van der Waals surface area contributed by atoms with Gasteiger partial charge in [0.25, 0.3) is 0 Å². The fourth-order valence-corrected chi connectivity index (χ4v) is 2.42. The molecule has 2 aromatic carbocycles. The van der Waals surface area contributed by atoms with E-state index in [2.05, 4.69) is 33.4 Å². The Labute approximate surface area is 124 Å². The van der Waals surface area contributed by atoms with E-state index in [-0.39, 0.29) is 5.91 Å². The van der Waals surface area contributed by atoms with E-state index in [9.17, 15) is 4.79 Å². The van der Waals surface area contributed by atoms with Crippen LogP contribution < -0.4 is 5.32 Å². The summed E-state index contributed by atoms with van der Waals surface area (Å²) in [5, 5.41) is 2.83. The summed E-state index contributed by atoms with van der Waals surface area (Å²) >= 11 is 0. The molecule has 2 aromatic rings. The minimum Gasteiger partial charge on any atom is -0.334 e. The van der Waals surface area contributed by atoms with Gasteiger partial charge in [0.15, 0.2) is 0 Å². The van der Waals surface area contributed by atoms with Gasteiger partial charge in [0.05, 0.1) is 5.69 Å². The third-order valence-electron chi connectivity index (χ3n) is 3.38. The number of para-hydroxylation sites is 1. The van der Waals surface area contributed by atoms with E-state index in [0.29, 0.717) is 12.5 Å². The topological polar surface area (TPSA) is 44.7 Å². The molecule has 0 unspecified atom stereocenters. The molecule has 1 amide bonds. The second-order valence-corrected chi connectivity index (χ2v) is 5.09. The zero-order chi connectivity index (χ0) is 14.7. The number of hydrogen-bond donors (Lipinski definition) is 1. The highest BCUT2D eigenvalue weighted by molar-refractivity contribution is 5.97. The Balaban J connectivity index is 1.90. The molecule has 21 heavy (non-hydrogen) atoms. The van der Waals surface area contributed by atoms with Crippen LogP contribution in [0.2, 0.25) is 0 Å². The summed E-state index contributed by atoms with van der Waals surface area (Å²) in [6.07, 6.45) is 0. The van der Waals surface area contributed by atoms with Crippen LogP contribution in [0.15, 0.2) is 59.6 Å². The number of carbonyl (C=O) groups excluding carboxylic acids is 1. The van der Waals surface area contributed by atoms with Crippen LogP contribution >= 0.6 is 0 Å². The first kappa shape index (κ1) is 13.4. The highest BCUT2D eigenvalue weighted by Gasteiger charge is 2.20. The second-order valence-electron chi connectivity index (χ2n) is 5.09. The van der Waals surface area contributed by atoms with Crippen molar-refractivity contribution in [2.45, 2.75) is 20.0 Å². The maximum Gasteiger partial charge on any atom is 0.223 e. The van der Waals surface area contributed by atoms with Crippen molar-refractivity contribution in [1.82, 2.24) is 10.2 Å². The smallest absolute Gasteiger partial charge is 0.223 e. The Hall–Kier alpha value is -2.62. The number of guanidine groups is 1. The van der Waals surface area contributed by atoms with Gasteiger partial charge in [-0.25, -0.2) is 4.99 Å². The summed E-state index contributed by atoms with van der Waals surface area (Å²) in [5.74, 6) is 0.510. The van der Waals surface area contributed by atoms with Gasteiger partial charge < -0.3 is 4.90 Å². The van der Waals surface area contributed by atoms with Gasteiger partial charge in [-0.3, -0.25) is 10.1 Å². The van der Waals surface area contributed by atoms with Gasteiger partial charge >= 0.3 is 0 Å². The molecule has 0 spiro atoms. The Morgan fingerprint density at radius 2 is 1.86 bits per heavy atom. The second kappa shape index (κ2) is 5.79. The van der Waals surface area contributed by atoms with Gasteiger partial charge in [-0.15, -0.1) is 0 Å². The average molecular weight is 279 g/mol. The lowest BCUT2D eigenvalue weighted by molar-refractivity contribution is -0.117. The van der Waals surface area contributed by atoms with Crippen molar-refractivity contribution in [1.29, 1.82) is 0 Å². The number of fused-ring (bicyclic) bond motifs is 1. The van der Waals surface area contributed by atoms with Gasteiger partial charge in [0, 0.05) is 20.0 Å². The van der Waals surface area contributed by atoms with Crippen LogP contribution in [0.4, 0.5) is 5.69 Å². The monoisotopic (exact) mass is 279 g/mol. The van der Waals surface area contributed by atoms with E-state index in [1.54, 1.807) is 0 Å². The molecule has 1 aliphatic rings. The van der Waals surface area contributed by atoms with Crippen LogP contribution in [0, 0.1) is 0 Å². The van der Waals surface area contributed by atoms with E-state index in [1.807, 2.05) is 36.4 Å². The molecular weight excluding hydrogens is 262 g/mol. The first-order valence-corrected chi connectivity index (χ1v) is 6.95. The van der Waals surface area contributed by atoms with Crippen LogP contribution in [-0.4, -0.2) is 16.8 Å². The number of carbonyl (C=O) groups is 1. The van der Waals surface area contributed by atoms with Crippen molar-refractivity contribution in [3.63, 3.8) is 0 Å². The minimum absolute atomic E-state index is 0.105. The van der Waals surface area contributed by atoms with E-state index < -0.39 is 0 Å². The zero-order valence-electron chi connectivity index (χ0n) is 11.9. The predicted octanol–water partition coefficient (Wildman–Crippen LogP) is 2.83. The van der Waals surface area contributed by atoms with Gasteiger partial charge in [-0.1, -0.05) is 48.5 Å². The molecule has 0 aromatic heterocycles. The fourth-order valence-electron chi connectivity index (χ4n) is 2.42. The van der Waals surface area contributed by atoms with E-state index in [1.165, 1.54) is 18.1 Å². The van der Waals surface area contributed by atoms with Crippen LogP contribution in [0.25, 0.3) is 0 Å². The molecule has 1 aliphatic heterocycles. The quantitative estimate of drug-likeness (QED) is 0.918. The Kier molecular flexibility index (Phi) is 3.69. The Morgan fingerprint density at radius 1 is 1.14 bits per heavy atom. The first-order valence-electron chi connectivity index (χ1n) is 6.95. The zero-order valence-corrected chi connectivity index (χ0v) is 11.9. The lowest BCUT2D eigenvalue weighted by Crippen LogP contribution is -2.43. The average Bonchev–Trinajstić information content (AvgIpc) is 2.48. The molecule has 1 heterocycles. The third kappa shape index (κ3) is 3.11. The van der Waals surface area contributed by atoms with Gasteiger partial charge in [-0.2, -0.15) is 0 Å². The number of benzene rings is 2. The molecule has 0 bridgehead atoms.